The zero-order chi connectivity index (χ0) is 30.3. The number of ketones is 1. The van der Waals surface area contributed by atoms with Crippen LogP contribution in [0.5, 0.6) is 0 Å². The first-order valence-electron chi connectivity index (χ1n) is 13.3. The van der Waals surface area contributed by atoms with Gasteiger partial charge in [0.15, 0.2) is 11.5 Å². The highest BCUT2D eigenvalue weighted by molar-refractivity contribution is 6.40. The number of rotatable bonds is 8. The van der Waals surface area contributed by atoms with Crippen LogP contribution < -0.4 is 0 Å². The number of hydrogen-bond donors (Lipinski definition) is 1. The van der Waals surface area contributed by atoms with Crippen molar-refractivity contribution in [2.45, 2.75) is 77.1 Å². The van der Waals surface area contributed by atoms with Gasteiger partial charge in [0.05, 0.1) is 57.5 Å². The summed E-state index contributed by atoms with van der Waals surface area (Å²) in [5.74, 6) is -2.66. The summed E-state index contributed by atoms with van der Waals surface area (Å²) in [6, 6.07) is 2.34. The van der Waals surface area contributed by atoms with E-state index in [1.807, 2.05) is 0 Å². The highest BCUT2D eigenvalue weighted by Gasteiger charge is 2.46. The number of carbonyl (C=O) groups is 3. The fourth-order valence-corrected chi connectivity index (χ4v) is 6.54. The Kier molecular flexibility index (Phi) is 8.83. The molecular weight excluding hydrogens is 586 g/mol. The molecule has 1 aromatic carbocycles. The number of alkyl halides is 3. The maximum absolute atomic E-state index is 14.5. The van der Waals surface area contributed by atoms with Crippen LogP contribution in [0.1, 0.15) is 90.4 Å². The van der Waals surface area contributed by atoms with Crippen LogP contribution in [0.3, 0.4) is 0 Å². The molecule has 13 heteroatoms. The summed E-state index contributed by atoms with van der Waals surface area (Å²) in [4.78, 5) is 39.9. The molecule has 1 aromatic heterocycles. The van der Waals surface area contributed by atoms with E-state index in [1.54, 1.807) is 32.9 Å². The molecule has 1 aliphatic carbocycles. The second kappa shape index (κ2) is 11.6. The Bertz CT molecular complexity index is 1320. The van der Waals surface area contributed by atoms with Crippen molar-refractivity contribution in [1.82, 2.24) is 14.7 Å². The molecule has 0 radical (unpaired) electrons. The van der Waals surface area contributed by atoms with E-state index >= 15 is 0 Å². The molecule has 1 N–H and O–H groups in total. The van der Waals surface area contributed by atoms with E-state index in [0.717, 1.165) is 15.8 Å². The summed E-state index contributed by atoms with van der Waals surface area (Å²) in [6.45, 7) is 4.76. The Hall–Kier alpha value is -2.63. The van der Waals surface area contributed by atoms with Crippen molar-refractivity contribution >= 4 is 40.9 Å². The lowest BCUT2D eigenvalue weighted by Gasteiger charge is -2.35. The minimum atomic E-state index is -4.94. The third-order valence-electron chi connectivity index (χ3n) is 8.13. The SMILES string of the molecule is Cc1cc(Cl)c(C(=O)CN(C[C@]2(C)CCCO2)C(=O)c2cnn(C3CCC(C)(C(=O)O)CC3)c2C(F)(F)F)c(Cl)c1. The number of benzene rings is 1. The van der Waals surface area contributed by atoms with E-state index in [1.165, 1.54) is 0 Å². The minimum Gasteiger partial charge on any atom is -0.481 e. The van der Waals surface area contributed by atoms with Crippen LogP contribution in [0.15, 0.2) is 18.3 Å². The number of aliphatic carboxylic acids is 1. The van der Waals surface area contributed by atoms with Gasteiger partial charge in [0, 0.05) is 6.61 Å². The van der Waals surface area contributed by atoms with Crippen LogP contribution in [-0.2, 0) is 15.7 Å². The topological polar surface area (TPSA) is 102 Å². The summed E-state index contributed by atoms with van der Waals surface area (Å²) < 4.78 is 50.1. The smallest absolute Gasteiger partial charge is 0.433 e. The Morgan fingerprint density at radius 3 is 2.27 bits per heavy atom. The predicted molar refractivity (Wildman–Crippen MR) is 146 cm³/mol. The van der Waals surface area contributed by atoms with Crippen molar-refractivity contribution in [3.63, 3.8) is 0 Å². The number of aryl methyl sites for hydroxylation is 1. The third kappa shape index (κ3) is 6.57. The molecular formula is C28H32Cl2F3N3O5. The average molecular weight is 618 g/mol. The first-order valence-corrected chi connectivity index (χ1v) is 14.1. The Balaban J connectivity index is 1.69. The molecule has 224 valence electrons. The number of carboxylic acid groups (broad SMARTS) is 1. The molecule has 2 aliphatic rings. The van der Waals surface area contributed by atoms with E-state index in [-0.39, 0.29) is 47.8 Å². The number of amides is 1. The molecule has 2 heterocycles. The van der Waals surface area contributed by atoms with Crippen molar-refractivity contribution in [1.29, 1.82) is 0 Å². The number of halogens is 5. The highest BCUT2D eigenvalue weighted by Crippen LogP contribution is 2.43. The highest BCUT2D eigenvalue weighted by atomic mass is 35.5. The lowest BCUT2D eigenvalue weighted by atomic mass is 9.74. The molecule has 1 atom stereocenters. The first-order chi connectivity index (χ1) is 19.0. The van der Waals surface area contributed by atoms with Crippen LogP contribution in [0.2, 0.25) is 10.0 Å². The molecule has 2 aromatic rings. The van der Waals surface area contributed by atoms with E-state index in [2.05, 4.69) is 5.10 Å². The molecule has 8 nitrogen and oxygen atoms in total. The van der Waals surface area contributed by atoms with Crippen molar-refractivity contribution in [3.05, 3.63) is 50.8 Å². The van der Waals surface area contributed by atoms with Gasteiger partial charge in [-0.1, -0.05) is 23.2 Å². The molecule has 4 rings (SSSR count). The largest absolute Gasteiger partial charge is 0.481 e. The van der Waals surface area contributed by atoms with Gasteiger partial charge in [-0.25, -0.2) is 0 Å². The van der Waals surface area contributed by atoms with Gasteiger partial charge in [0.1, 0.15) is 0 Å². The molecule has 0 unspecified atom stereocenters. The third-order valence-corrected chi connectivity index (χ3v) is 8.72. The van der Waals surface area contributed by atoms with Crippen LogP contribution in [0.25, 0.3) is 0 Å². The van der Waals surface area contributed by atoms with E-state index in [0.29, 0.717) is 25.0 Å². The number of ether oxygens (including phenoxy) is 1. The van der Waals surface area contributed by atoms with Gasteiger partial charge >= 0.3 is 12.1 Å². The van der Waals surface area contributed by atoms with Crippen molar-refractivity contribution < 1.29 is 37.4 Å². The molecule has 1 saturated carbocycles. The Morgan fingerprint density at radius 1 is 1.15 bits per heavy atom. The maximum Gasteiger partial charge on any atom is 0.433 e. The summed E-state index contributed by atoms with van der Waals surface area (Å²) in [5, 5.41) is 13.6. The second-order valence-corrected chi connectivity index (χ2v) is 12.4. The number of hydrogen-bond acceptors (Lipinski definition) is 5. The fourth-order valence-electron chi connectivity index (χ4n) is 5.73. The minimum absolute atomic E-state index is 0.0235. The van der Waals surface area contributed by atoms with Gasteiger partial charge in [-0.15, -0.1) is 0 Å². The van der Waals surface area contributed by atoms with Crippen molar-refractivity contribution in [2.75, 3.05) is 19.7 Å². The van der Waals surface area contributed by atoms with Gasteiger partial charge in [0.25, 0.3) is 5.91 Å². The molecule has 0 spiro atoms. The first kappa shape index (κ1) is 31.3. The van der Waals surface area contributed by atoms with Crippen molar-refractivity contribution in [2.24, 2.45) is 5.41 Å². The van der Waals surface area contributed by atoms with Gasteiger partial charge in [0.2, 0.25) is 0 Å². The maximum atomic E-state index is 14.5. The lowest BCUT2D eigenvalue weighted by molar-refractivity contribution is -0.152. The quantitative estimate of drug-likeness (QED) is 0.334. The van der Waals surface area contributed by atoms with E-state index < -0.39 is 58.7 Å². The number of aromatic nitrogens is 2. The summed E-state index contributed by atoms with van der Waals surface area (Å²) in [5.41, 5.74) is -3.13. The lowest BCUT2D eigenvalue weighted by Crippen LogP contribution is -2.46. The molecule has 1 saturated heterocycles. The monoisotopic (exact) mass is 617 g/mol. The Labute approximate surface area is 245 Å². The Morgan fingerprint density at radius 2 is 1.76 bits per heavy atom. The van der Waals surface area contributed by atoms with Gasteiger partial charge < -0.3 is 14.7 Å². The van der Waals surface area contributed by atoms with Crippen LogP contribution in [0, 0.1) is 12.3 Å². The summed E-state index contributed by atoms with van der Waals surface area (Å²) in [7, 11) is 0. The fraction of sp³-hybridized carbons (Fsp3) is 0.571. The van der Waals surface area contributed by atoms with Crippen molar-refractivity contribution in [3.8, 4) is 0 Å². The van der Waals surface area contributed by atoms with Gasteiger partial charge in [-0.2, -0.15) is 18.3 Å². The zero-order valence-corrected chi connectivity index (χ0v) is 24.5. The van der Waals surface area contributed by atoms with Crippen LogP contribution in [-0.4, -0.2) is 62.7 Å². The zero-order valence-electron chi connectivity index (χ0n) is 23.0. The molecule has 41 heavy (non-hydrogen) atoms. The molecule has 2 fully saturated rings. The summed E-state index contributed by atoms with van der Waals surface area (Å²) in [6.07, 6.45) is -2.18. The van der Waals surface area contributed by atoms with Crippen LogP contribution >= 0.6 is 23.2 Å². The average Bonchev–Trinajstić information content (AvgIpc) is 3.50. The molecule has 1 aliphatic heterocycles. The van der Waals surface area contributed by atoms with E-state index in [9.17, 15) is 32.7 Å². The number of Topliss-reactive ketones (excluding diaryl/α,β-unsaturated/α-hetero) is 1. The molecule has 1 amide bonds. The normalized spacial score (nSPS) is 24.8. The molecule has 0 bridgehead atoms. The predicted octanol–water partition coefficient (Wildman–Crippen LogP) is 6.62. The van der Waals surface area contributed by atoms with Gasteiger partial charge in [-0.05, 0) is 77.0 Å². The second-order valence-electron chi connectivity index (χ2n) is 11.5. The number of carbonyl (C=O) groups excluding carboxylic acids is 2. The number of carboxylic acids is 1. The summed E-state index contributed by atoms with van der Waals surface area (Å²) >= 11 is 12.6. The van der Waals surface area contributed by atoms with Gasteiger partial charge in [-0.3, -0.25) is 19.1 Å². The van der Waals surface area contributed by atoms with Crippen LogP contribution in [0.4, 0.5) is 13.2 Å². The van der Waals surface area contributed by atoms with E-state index in [4.69, 9.17) is 27.9 Å². The standard InChI is InChI=1S/C28H32Cl2F3N3O5/c1-16-11-19(29)22(20(30)12-16)21(37)14-35(15-27(3)7-4-10-41-27)24(38)18-13-34-36(23(18)28(31,32)33)17-5-8-26(2,9-6-17)25(39)40/h11-13,17H,4-10,14-15H2,1-3H3,(H,39,40)/t17?,26?,27-/m0/s1. The number of nitrogens with zero attached hydrogens (tertiary/aromatic N) is 3.